The zero-order valence-corrected chi connectivity index (χ0v) is 8.99. The summed E-state index contributed by atoms with van der Waals surface area (Å²) in [5.74, 6) is -0.614. The van der Waals surface area contributed by atoms with Gasteiger partial charge in [-0.2, -0.15) is 5.10 Å². The van der Waals surface area contributed by atoms with Crippen LogP contribution in [0.15, 0.2) is 24.5 Å². The first-order valence-corrected chi connectivity index (χ1v) is 4.83. The average Bonchev–Trinajstić information content (AvgIpc) is 2.71. The lowest BCUT2D eigenvalue weighted by Crippen LogP contribution is -2.03. The smallest absolute Gasteiger partial charge is 0.356 e. The van der Waals surface area contributed by atoms with Gasteiger partial charge in [-0.3, -0.25) is 4.79 Å². The van der Waals surface area contributed by atoms with Crippen molar-refractivity contribution in [3.8, 4) is 5.82 Å². The number of aromatic carboxylic acids is 1. The van der Waals surface area contributed by atoms with Gasteiger partial charge in [0.1, 0.15) is 0 Å². The molecular formula is C11H9N3O3. The Balaban J connectivity index is 2.42. The lowest BCUT2D eigenvalue weighted by atomic mass is 10.3. The number of carboxylic acids is 1. The Morgan fingerprint density at radius 1 is 1.47 bits per heavy atom. The maximum Gasteiger partial charge on any atom is 0.356 e. The number of rotatable bonds is 3. The number of hydrogen-bond donors (Lipinski definition) is 1. The summed E-state index contributed by atoms with van der Waals surface area (Å²) in [6.07, 6.45) is 3.67. The maximum absolute atomic E-state index is 10.8. The number of aldehydes is 1. The van der Waals surface area contributed by atoms with Gasteiger partial charge in [0.15, 0.2) is 17.8 Å². The molecule has 2 rings (SSSR count). The van der Waals surface area contributed by atoms with E-state index < -0.39 is 5.97 Å². The van der Waals surface area contributed by atoms with Crippen LogP contribution in [0, 0.1) is 6.92 Å². The van der Waals surface area contributed by atoms with E-state index >= 15 is 0 Å². The number of aromatic nitrogens is 3. The minimum Gasteiger partial charge on any atom is -0.476 e. The summed E-state index contributed by atoms with van der Waals surface area (Å²) in [7, 11) is 0. The van der Waals surface area contributed by atoms with Crippen molar-refractivity contribution in [2.45, 2.75) is 6.92 Å². The highest BCUT2D eigenvalue weighted by Gasteiger charge is 2.13. The van der Waals surface area contributed by atoms with Crippen LogP contribution in [0.2, 0.25) is 0 Å². The molecule has 0 spiro atoms. The van der Waals surface area contributed by atoms with E-state index in [1.165, 1.54) is 10.9 Å². The third-order valence-electron chi connectivity index (χ3n) is 2.24. The molecule has 86 valence electrons. The van der Waals surface area contributed by atoms with Gasteiger partial charge in [0.05, 0.1) is 0 Å². The Labute approximate surface area is 96.5 Å². The lowest BCUT2D eigenvalue weighted by Gasteiger charge is -1.99. The monoisotopic (exact) mass is 231 g/mol. The summed E-state index contributed by atoms with van der Waals surface area (Å²) in [6, 6.07) is 3.19. The largest absolute Gasteiger partial charge is 0.476 e. The van der Waals surface area contributed by atoms with Crippen molar-refractivity contribution in [3.05, 3.63) is 41.3 Å². The summed E-state index contributed by atoms with van der Waals surface area (Å²) in [5, 5.41) is 12.8. The summed E-state index contributed by atoms with van der Waals surface area (Å²) < 4.78 is 1.37. The van der Waals surface area contributed by atoms with Crippen molar-refractivity contribution in [2.75, 3.05) is 0 Å². The van der Waals surface area contributed by atoms with Crippen LogP contribution in [0.25, 0.3) is 5.82 Å². The van der Waals surface area contributed by atoms with Crippen molar-refractivity contribution in [1.29, 1.82) is 0 Å². The van der Waals surface area contributed by atoms with Crippen molar-refractivity contribution < 1.29 is 14.7 Å². The molecule has 0 amide bonds. The molecule has 2 heterocycles. The molecule has 0 saturated carbocycles. The van der Waals surface area contributed by atoms with Crippen molar-refractivity contribution in [2.24, 2.45) is 0 Å². The van der Waals surface area contributed by atoms with Gasteiger partial charge in [-0.05, 0) is 19.1 Å². The Morgan fingerprint density at radius 3 is 2.71 bits per heavy atom. The fraction of sp³-hybridized carbons (Fsp3) is 0.0909. The van der Waals surface area contributed by atoms with E-state index in [2.05, 4.69) is 10.1 Å². The molecule has 0 saturated heterocycles. The first-order chi connectivity index (χ1) is 8.11. The SMILES string of the molecule is Cc1cn(-c2ccc(C=O)cn2)nc1C(=O)O. The molecule has 1 N–H and O–H groups in total. The first-order valence-electron chi connectivity index (χ1n) is 4.83. The van der Waals surface area contributed by atoms with Gasteiger partial charge in [-0.1, -0.05) is 0 Å². The second-order valence-electron chi connectivity index (χ2n) is 3.48. The number of nitrogens with zero attached hydrogens (tertiary/aromatic N) is 3. The van der Waals surface area contributed by atoms with E-state index in [4.69, 9.17) is 5.11 Å². The van der Waals surface area contributed by atoms with Gasteiger partial charge in [-0.15, -0.1) is 0 Å². The predicted octanol–water partition coefficient (Wildman–Crippen LogP) is 1.09. The van der Waals surface area contributed by atoms with Gasteiger partial charge in [0.25, 0.3) is 0 Å². The zero-order chi connectivity index (χ0) is 12.4. The van der Waals surface area contributed by atoms with Crippen LogP contribution in [-0.2, 0) is 0 Å². The normalized spacial score (nSPS) is 10.2. The van der Waals surface area contributed by atoms with Gasteiger partial charge in [0.2, 0.25) is 0 Å². The molecule has 0 atom stereocenters. The van der Waals surface area contributed by atoms with Crippen molar-refractivity contribution in [1.82, 2.24) is 14.8 Å². The van der Waals surface area contributed by atoms with Gasteiger partial charge in [-0.25, -0.2) is 14.5 Å². The quantitative estimate of drug-likeness (QED) is 0.799. The molecule has 2 aromatic heterocycles. The minimum absolute atomic E-state index is 0.00809. The van der Waals surface area contributed by atoms with E-state index in [0.29, 0.717) is 23.2 Å². The minimum atomic E-state index is -1.08. The zero-order valence-electron chi connectivity index (χ0n) is 8.99. The topological polar surface area (TPSA) is 85.1 Å². The molecule has 0 aromatic carbocycles. The van der Waals surface area contributed by atoms with Crippen molar-refractivity contribution in [3.63, 3.8) is 0 Å². The number of aryl methyl sites for hydroxylation is 1. The molecule has 0 radical (unpaired) electrons. The molecule has 0 bridgehead atoms. The molecule has 6 nitrogen and oxygen atoms in total. The third-order valence-corrected chi connectivity index (χ3v) is 2.24. The summed E-state index contributed by atoms with van der Waals surface area (Å²) in [6.45, 7) is 1.66. The van der Waals surface area contributed by atoms with E-state index in [1.54, 1.807) is 25.3 Å². The molecule has 0 aliphatic rings. The molecule has 6 heteroatoms. The Morgan fingerprint density at radius 2 is 2.24 bits per heavy atom. The molecule has 0 aliphatic carbocycles. The van der Waals surface area contributed by atoms with Crippen LogP contribution < -0.4 is 0 Å². The fourth-order valence-corrected chi connectivity index (χ4v) is 1.39. The van der Waals surface area contributed by atoms with Crippen molar-refractivity contribution >= 4 is 12.3 Å². The Kier molecular flexibility index (Phi) is 2.70. The number of carbonyl (C=O) groups is 2. The number of carboxylic acid groups (broad SMARTS) is 1. The fourth-order valence-electron chi connectivity index (χ4n) is 1.39. The van der Waals surface area contributed by atoms with Crippen LogP contribution in [-0.4, -0.2) is 32.1 Å². The number of carbonyl (C=O) groups excluding carboxylic acids is 1. The molecule has 2 aromatic rings. The van der Waals surface area contributed by atoms with E-state index in [-0.39, 0.29) is 5.69 Å². The highest BCUT2D eigenvalue weighted by molar-refractivity contribution is 5.86. The average molecular weight is 231 g/mol. The van der Waals surface area contributed by atoms with Crippen LogP contribution in [0.4, 0.5) is 0 Å². The number of hydrogen-bond acceptors (Lipinski definition) is 4. The Hall–Kier alpha value is -2.50. The Bertz CT molecular complexity index is 572. The standard InChI is InChI=1S/C11H9N3O3/c1-7-5-14(13-10(7)11(16)17)9-3-2-8(6-15)4-12-9/h2-6H,1H3,(H,16,17). The molecular weight excluding hydrogens is 222 g/mol. The molecule has 0 unspecified atom stereocenters. The van der Waals surface area contributed by atoms with Gasteiger partial charge >= 0.3 is 5.97 Å². The van der Waals surface area contributed by atoms with Crippen LogP contribution in [0.5, 0.6) is 0 Å². The van der Waals surface area contributed by atoms with Gasteiger partial charge in [0, 0.05) is 23.5 Å². The summed E-state index contributed by atoms with van der Waals surface area (Å²) >= 11 is 0. The second kappa shape index (κ2) is 4.17. The predicted molar refractivity (Wildman–Crippen MR) is 58.4 cm³/mol. The van der Waals surface area contributed by atoms with Crippen LogP contribution in [0.1, 0.15) is 26.4 Å². The van der Waals surface area contributed by atoms with E-state index in [1.807, 2.05) is 0 Å². The van der Waals surface area contributed by atoms with Gasteiger partial charge < -0.3 is 5.11 Å². The lowest BCUT2D eigenvalue weighted by molar-refractivity contribution is 0.0689. The van der Waals surface area contributed by atoms with E-state index in [9.17, 15) is 9.59 Å². The highest BCUT2D eigenvalue weighted by Crippen LogP contribution is 2.10. The first kappa shape index (κ1) is 11.0. The highest BCUT2D eigenvalue weighted by atomic mass is 16.4. The maximum atomic E-state index is 10.8. The summed E-state index contributed by atoms with van der Waals surface area (Å²) in [4.78, 5) is 25.3. The van der Waals surface area contributed by atoms with Crippen LogP contribution in [0.3, 0.4) is 0 Å². The van der Waals surface area contributed by atoms with E-state index in [0.717, 1.165) is 0 Å². The third kappa shape index (κ3) is 2.05. The molecule has 0 aliphatic heterocycles. The molecule has 0 fully saturated rings. The number of pyridine rings is 1. The summed E-state index contributed by atoms with van der Waals surface area (Å²) in [5.41, 5.74) is 1.00. The second-order valence-corrected chi connectivity index (χ2v) is 3.48. The molecule has 17 heavy (non-hydrogen) atoms. The van der Waals surface area contributed by atoms with Crippen LogP contribution >= 0.6 is 0 Å².